The molecule has 2 aromatic carbocycles. The Morgan fingerprint density at radius 1 is 0.893 bits per heavy atom. The Bertz CT molecular complexity index is 720. The van der Waals surface area contributed by atoms with E-state index in [-0.39, 0.29) is 18.8 Å². The Labute approximate surface area is 170 Å². The molecule has 0 heterocycles. The van der Waals surface area contributed by atoms with Crippen molar-refractivity contribution in [2.75, 3.05) is 20.6 Å². The molecule has 0 fully saturated rings. The van der Waals surface area contributed by atoms with Gasteiger partial charge in [-0.2, -0.15) is 0 Å². The third-order valence-electron chi connectivity index (χ3n) is 3.88. The highest BCUT2D eigenvalue weighted by Gasteiger charge is 2.23. The molecule has 0 amide bonds. The molecular weight excluding hydrogens is 382 g/mol. The molecule has 0 aliphatic carbocycles. The molecule has 0 spiro atoms. The van der Waals surface area contributed by atoms with Crippen molar-refractivity contribution >= 4 is 23.5 Å². The lowest BCUT2D eigenvalue weighted by Gasteiger charge is -2.26. The van der Waals surface area contributed by atoms with E-state index in [1.54, 1.807) is 0 Å². The maximum absolute atomic E-state index is 10.6. The van der Waals surface area contributed by atoms with Crippen LogP contribution < -0.4 is 0 Å². The summed E-state index contributed by atoms with van der Waals surface area (Å²) < 4.78 is 0. The van der Waals surface area contributed by atoms with Crippen LogP contribution in [0.25, 0.3) is 0 Å². The van der Waals surface area contributed by atoms with Gasteiger partial charge in [-0.05, 0) is 37.4 Å². The fourth-order valence-electron chi connectivity index (χ4n) is 2.66. The SMILES string of the molecule is CN(C)C[C@H](O)[C@@H](c1ccccc1)c1ccc(Cl)cc1.O=C(O)CCC(=O)O. The van der Waals surface area contributed by atoms with Crippen LogP contribution in [-0.4, -0.2) is 58.9 Å². The first-order valence-corrected chi connectivity index (χ1v) is 9.15. The highest BCUT2D eigenvalue weighted by atomic mass is 35.5. The van der Waals surface area contributed by atoms with E-state index in [2.05, 4.69) is 12.1 Å². The van der Waals surface area contributed by atoms with Gasteiger partial charge in [0.1, 0.15) is 0 Å². The topological polar surface area (TPSA) is 98.1 Å². The lowest BCUT2D eigenvalue weighted by Crippen LogP contribution is -2.31. The zero-order valence-corrected chi connectivity index (χ0v) is 16.7. The number of rotatable bonds is 8. The number of hydrogen-bond donors (Lipinski definition) is 3. The molecule has 0 aromatic heterocycles. The number of carboxylic acids is 2. The highest BCUT2D eigenvalue weighted by molar-refractivity contribution is 6.30. The van der Waals surface area contributed by atoms with E-state index in [9.17, 15) is 14.7 Å². The van der Waals surface area contributed by atoms with Gasteiger partial charge in [-0.1, -0.05) is 54.1 Å². The van der Waals surface area contributed by atoms with Crippen molar-refractivity contribution in [2.24, 2.45) is 0 Å². The van der Waals surface area contributed by atoms with Crippen LogP contribution in [0.5, 0.6) is 0 Å². The van der Waals surface area contributed by atoms with E-state index in [1.165, 1.54) is 0 Å². The van der Waals surface area contributed by atoms with Crippen LogP contribution in [0.15, 0.2) is 54.6 Å². The van der Waals surface area contributed by atoms with Gasteiger partial charge >= 0.3 is 11.9 Å². The van der Waals surface area contributed by atoms with Crippen molar-refractivity contribution in [1.82, 2.24) is 4.90 Å². The van der Waals surface area contributed by atoms with Crippen molar-refractivity contribution in [2.45, 2.75) is 24.9 Å². The van der Waals surface area contributed by atoms with Gasteiger partial charge in [-0.3, -0.25) is 9.59 Å². The van der Waals surface area contributed by atoms with E-state index in [1.807, 2.05) is 61.5 Å². The number of carboxylic acid groups (broad SMARTS) is 2. The number of aliphatic hydroxyl groups is 1. The molecule has 0 unspecified atom stereocenters. The quantitative estimate of drug-likeness (QED) is 0.620. The molecule has 3 N–H and O–H groups in total. The second-order valence-electron chi connectivity index (χ2n) is 6.56. The minimum Gasteiger partial charge on any atom is -0.481 e. The monoisotopic (exact) mass is 407 g/mol. The molecule has 2 atom stereocenters. The Morgan fingerprint density at radius 3 is 1.79 bits per heavy atom. The molecule has 28 heavy (non-hydrogen) atoms. The van der Waals surface area contributed by atoms with Crippen molar-refractivity contribution in [3.63, 3.8) is 0 Å². The highest BCUT2D eigenvalue weighted by Crippen LogP contribution is 2.29. The minimum absolute atomic E-state index is 0.0455. The summed E-state index contributed by atoms with van der Waals surface area (Å²) in [7, 11) is 3.93. The lowest BCUT2D eigenvalue weighted by molar-refractivity contribution is -0.143. The summed E-state index contributed by atoms with van der Waals surface area (Å²) in [5, 5.41) is 27.1. The van der Waals surface area contributed by atoms with Crippen LogP contribution in [0.2, 0.25) is 5.02 Å². The molecular formula is C21H26ClNO5. The van der Waals surface area contributed by atoms with Gasteiger partial charge < -0.3 is 20.2 Å². The summed E-state index contributed by atoms with van der Waals surface area (Å²) in [4.78, 5) is 21.3. The van der Waals surface area contributed by atoms with Crippen LogP contribution in [0.3, 0.4) is 0 Å². The van der Waals surface area contributed by atoms with Gasteiger partial charge in [0.15, 0.2) is 0 Å². The average Bonchev–Trinajstić information content (AvgIpc) is 2.63. The third kappa shape index (κ3) is 8.99. The number of benzene rings is 2. The van der Waals surface area contributed by atoms with Gasteiger partial charge in [-0.25, -0.2) is 0 Å². The number of aliphatic hydroxyl groups excluding tert-OH is 1. The Balaban J connectivity index is 0.000000416. The normalized spacial score (nSPS) is 12.6. The Morgan fingerprint density at radius 2 is 1.36 bits per heavy atom. The van der Waals surface area contributed by atoms with E-state index < -0.39 is 18.0 Å². The van der Waals surface area contributed by atoms with Crippen molar-refractivity contribution < 1.29 is 24.9 Å². The first-order valence-electron chi connectivity index (χ1n) is 8.77. The van der Waals surface area contributed by atoms with Gasteiger partial charge in [0, 0.05) is 17.5 Å². The summed E-state index contributed by atoms with van der Waals surface area (Å²) in [6.45, 7) is 0.613. The first kappa shape index (κ1) is 23.6. The molecule has 0 saturated heterocycles. The van der Waals surface area contributed by atoms with Crippen LogP contribution in [0, 0.1) is 0 Å². The number of aliphatic carboxylic acids is 2. The zero-order valence-electron chi connectivity index (χ0n) is 16.0. The Kier molecular flexibility index (Phi) is 10.2. The molecule has 0 radical (unpaired) electrons. The van der Waals surface area contributed by atoms with Gasteiger partial charge in [0.05, 0.1) is 18.9 Å². The van der Waals surface area contributed by atoms with E-state index >= 15 is 0 Å². The van der Waals surface area contributed by atoms with Crippen LogP contribution in [0.1, 0.15) is 29.9 Å². The maximum atomic E-state index is 10.6. The van der Waals surface area contributed by atoms with Gasteiger partial charge in [0.2, 0.25) is 0 Å². The summed E-state index contributed by atoms with van der Waals surface area (Å²) in [5.74, 6) is -2.20. The molecule has 2 aromatic rings. The number of hydrogen-bond acceptors (Lipinski definition) is 4. The average molecular weight is 408 g/mol. The predicted octanol–water partition coefficient (Wildman–Crippen LogP) is 3.33. The van der Waals surface area contributed by atoms with Crippen LogP contribution in [0.4, 0.5) is 0 Å². The lowest BCUT2D eigenvalue weighted by atomic mass is 9.86. The molecule has 6 nitrogen and oxygen atoms in total. The number of halogens is 1. The number of likely N-dealkylation sites (N-methyl/N-ethyl adjacent to an activating group) is 1. The molecule has 0 aliphatic heterocycles. The summed E-state index contributed by atoms with van der Waals surface area (Å²) in [6, 6.07) is 17.8. The second-order valence-corrected chi connectivity index (χ2v) is 6.99. The second kappa shape index (κ2) is 12.1. The first-order chi connectivity index (χ1) is 13.2. The fourth-order valence-corrected chi connectivity index (χ4v) is 2.79. The van der Waals surface area contributed by atoms with Crippen molar-refractivity contribution in [3.05, 3.63) is 70.7 Å². The summed E-state index contributed by atoms with van der Waals surface area (Å²) in [5.41, 5.74) is 2.19. The molecule has 152 valence electrons. The van der Waals surface area contributed by atoms with Gasteiger partial charge in [-0.15, -0.1) is 0 Å². The Hall–Kier alpha value is -2.41. The van der Waals surface area contributed by atoms with Gasteiger partial charge in [0.25, 0.3) is 0 Å². The fraction of sp³-hybridized carbons (Fsp3) is 0.333. The molecule has 0 aliphatic rings. The predicted molar refractivity (Wildman–Crippen MR) is 109 cm³/mol. The molecule has 0 bridgehead atoms. The summed E-state index contributed by atoms with van der Waals surface area (Å²) in [6.07, 6.45) is -1.06. The van der Waals surface area contributed by atoms with Crippen LogP contribution >= 0.6 is 11.6 Å². The van der Waals surface area contributed by atoms with Crippen molar-refractivity contribution in [1.29, 1.82) is 0 Å². The number of nitrogens with zero attached hydrogens (tertiary/aromatic N) is 1. The van der Waals surface area contributed by atoms with E-state index in [0.717, 1.165) is 11.1 Å². The largest absolute Gasteiger partial charge is 0.481 e. The third-order valence-corrected chi connectivity index (χ3v) is 4.13. The van der Waals surface area contributed by atoms with Crippen LogP contribution in [-0.2, 0) is 9.59 Å². The summed E-state index contributed by atoms with van der Waals surface area (Å²) >= 11 is 5.96. The van der Waals surface area contributed by atoms with Crippen molar-refractivity contribution in [3.8, 4) is 0 Å². The zero-order chi connectivity index (χ0) is 21.1. The van der Waals surface area contributed by atoms with E-state index in [0.29, 0.717) is 11.6 Å². The van der Waals surface area contributed by atoms with E-state index in [4.69, 9.17) is 21.8 Å². The number of carbonyl (C=O) groups is 2. The molecule has 7 heteroatoms. The minimum atomic E-state index is -1.08. The smallest absolute Gasteiger partial charge is 0.303 e. The standard InChI is InChI=1S/C17H20ClNO.C4H6O4/c1-19(2)12-16(20)17(13-6-4-3-5-7-13)14-8-10-15(18)11-9-14;5-3(6)1-2-4(7)8/h3-11,16-17,20H,12H2,1-2H3;1-2H2,(H,5,6)(H,7,8)/t16-,17-;/m0./s1. The maximum Gasteiger partial charge on any atom is 0.303 e. The molecule has 0 saturated carbocycles. The molecule has 2 rings (SSSR count).